The summed E-state index contributed by atoms with van der Waals surface area (Å²) in [7, 11) is -0.0615. The molecule has 0 heterocycles. The van der Waals surface area contributed by atoms with E-state index >= 15 is 0 Å². The largest absolute Gasteiger partial charge is 0.462 e. The van der Waals surface area contributed by atoms with Crippen molar-refractivity contribution in [2.24, 2.45) is 0 Å². The van der Waals surface area contributed by atoms with Crippen molar-refractivity contribution in [2.45, 2.75) is 102 Å². The highest BCUT2D eigenvalue weighted by Gasteiger charge is 2.27. The second kappa shape index (κ2) is 24.5. The first-order valence-corrected chi connectivity index (χ1v) is 19.5. The van der Waals surface area contributed by atoms with Crippen LogP contribution in [0.2, 0.25) is 0 Å². The van der Waals surface area contributed by atoms with Crippen LogP contribution >= 0.6 is 0 Å². The first kappa shape index (κ1) is 40.6. The highest BCUT2D eigenvalue weighted by Crippen LogP contribution is 2.23. The minimum absolute atomic E-state index is 0.0689. The molecule has 2 rings (SSSR count). The van der Waals surface area contributed by atoms with Gasteiger partial charge in [0.2, 0.25) is 9.84 Å². The molecule has 2 aromatic carbocycles. The first-order chi connectivity index (χ1) is 23.3. The van der Waals surface area contributed by atoms with Gasteiger partial charge in [-0.3, -0.25) is 0 Å². The number of likely N-dealkylation sites (N-methyl/N-ethyl adjacent to an activating group) is 2. The predicted molar refractivity (Wildman–Crippen MR) is 202 cm³/mol. The molecule has 0 aliphatic heterocycles. The summed E-state index contributed by atoms with van der Waals surface area (Å²) in [5.74, 6) is -0.816. The number of sulfone groups is 1. The number of rotatable bonds is 25. The van der Waals surface area contributed by atoms with Crippen LogP contribution in [0.4, 0.5) is 0 Å². The van der Waals surface area contributed by atoms with Gasteiger partial charge < -0.3 is 14.5 Å². The number of esters is 1. The van der Waals surface area contributed by atoms with Crippen LogP contribution < -0.4 is 0 Å². The third-order valence-electron chi connectivity index (χ3n) is 8.25. The van der Waals surface area contributed by atoms with Crippen LogP contribution in [0.3, 0.4) is 0 Å². The van der Waals surface area contributed by atoms with Crippen LogP contribution in [-0.4, -0.2) is 58.0 Å². The molecule has 48 heavy (non-hydrogen) atoms. The van der Waals surface area contributed by atoms with E-state index in [9.17, 15) is 13.2 Å². The molecule has 264 valence electrons. The second-order valence-corrected chi connectivity index (χ2v) is 14.4. The molecule has 0 spiro atoms. The van der Waals surface area contributed by atoms with Crippen LogP contribution in [0.5, 0.6) is 0 Å². The topological polar surface area (TPSA) is 66.9 Å². The van der Waals surface area contributed by atoms with Gasteiger partial charge in [0.25, 0.3) is 0 Å². The lowest BCUT2D eigenvalue weighted by Crippen LogP contribution is -2.24. The highest BCUT2D eigenvalue weighted by atomic mass is 32.2. The van der Waals surface area contributed by atoms with Crippen molar-refractivity contribution in [3.8, 4) is 0 Å². The lowest BCUT2D eigenvalue weighted by Gasteiger charge is -2.19. The number of allylic oxidation sites excluding steroid dienone is 5. The summed E-state index contributed by atoms with van der Waals surface area (Å²) < 4.78 is 32.2. The van der Waals surface area contributed by atoms with E-state index in [0.29, 0.717) is 6.54 Å². The van der Waals surface area contributed by atoms with E-state index in [1.165, 1.54) is 80.7 Å². The van der Waals surface area contributed by atoms with Gasteiger partial charge in [0.1, 0.15) is 0 Å². The Balaban J connectivity index is 1.99. The van der Waals surface area contributed by atoms with E-state index < -0.39 is 15.8 Å². The number of hydrogen-bond acceptors (Lipinski definition) is 6. The van der Waals surface area contributed by atoms with Gasteiger partial charge in [0, 0.05) is 27.2 Å². The van der Waals surface area contributed by atoms with Crippen molar-refractivity contribution >= 4 is 21.4 Å². The third-order valence-corrected chi connectivity index (χ3v) is 10.0. The molecule has 7 heteroatoms. The van der Waals surface area contributed by atoms with E-state index in [2.05, 4.69) is 67.4 Å². The molecule has 0 N–H and O–H groups in total. The molecule has 0 aliphatic carbocycles. The Hall–Kier alpha value is -3.58. The summed E-state index contributed by atoms with van der Waals surface area (Å²) in [6, 6.07) is 18.6. The van der Waals surface area contributed by atoms with Gasteiger partial charge >= 0.3 is 5.97 Å². The van der Waals surface area contributed by atoms with E-state index in [4.69, 9.17) is 4.74 Å². The third kappa shape index (κ3) is 16.5. The molecule has 0 fully saturated rings. The SMILES string of the molecule is CCCCCCCCOC(=O)/C(=C\C=C\N(C)CCN(C)/C=C/C=C(\CCCCCCCC)c1ccccc1)S(=O)(=O)c1ccccc1. The fraction of sp³-hybridized carbons (Fsp3) is 0.488. The highest BCUT2D eigenvalue weighted by molar-refractivity contribution is 7.96. The number of nitrogens with zero attached hydrogens (tertiary/aromatic N) is 2. The zero-order chi connectivity index (χ0) is 34.9. The van der Waals surface area contributed by atoms with Crippen LogP contribution in [0.15, 0.2) is 107 Å². The van der Waals surface area contributed by atoms with E-state index in [0.717, 1.165) is 38.6 Å². The van der Waals surface area contributed by atoms with Gasteiger partial charge in [0.05, 0.1) is 11.5 Å². The summed E-state index contributed by atoms with van der Waals surface area (Å²) >= 11 is 0. The minimum Gasteiger partial charge on any atom is -0.462 e. The summed E-state index contributed by atoms with van der Waals surface area (Å²) in [6.45, 7) is 6.10. The quantitative estimate of drug-likeness (QED) is 0.0451. The fourth-order valence-electron chi connectivity index (χ4n) is 5.23. The van der Waals surface area contributed by atoms with E-state index in [-0.39, 0.29) is 16.4 Å². The van der Waals surface area contributed by atoms with Crippen LogP contribution in [0, 0.1) is 0 Å². The molecule has 0 aromatic heterocycles. The van der Waals surface area contributed by atoms with E-state index in [1.807, 2.05) is 19.0 Å². The van der Waals surface area contributed by atoms with Crippen molar-refractivity contribution < 1.29 is 17.9 Å². The first-order valence-electron chi connectivity index (χ1n) is 18.0. The molecule has 0 saturated carbocycles. The van der Waals surface area contributed by atoms with Gasteiger partial charge in [-0.1, -0.05) is 133 Å². The average Bonchev–Trinajstić information content (AvgIpc) is 3.10. The Morgan fingerprint density at radius 3 is 1.75 bits per heavy atom. The van der Waals surface area contributed by atoms with Crippen molar-refractivity contribution in [1.82, 2.24) is 9.80 Å². The smallest absolute Gasteiger partial charge is 0.350 e. The van der Waals surface area contributed by atoms with Crippen molar-refractivity contribution in [3.63, 3.8) is 0 Å². The molecule has 0 aliphatic rings. The van der Waals surface area contributed by atoms with Crippen LogP contribution in [-0.2, 0) is 19.4 Å². The normalized spacial score (nSPS) is 12.6. The lowest BCUT2D eigenvalue weighted by molar-refractivity contribution is -0.138. The maximum Gasteiger partial charge on any atom is 0.350 e. The Kier molecular flexibility index (Phi) is 20.8. The van der Waals surface area contributed by atoms with Gasteiger partial charge in [-0.05, 0) is 73.2 Å². The molecule has 0 amide bonds. The number of carbonyl (C=O) groups excluding carboxylic acids is 1. The molecular formula is C41H60N2O4S. The Morgan fingerprint density at radius 1 is 0.667 bits per heavy atom. The molecule has 2 aromatic rings. The molecule has 0 saturated heterocycles. The van der Waals surface area contributed by atoms with Crippen molar-refractivity contribution in [3.05, 3.63) is 108 Å². The maximum absolute atomic E-state index is 13.4. The predicted octanol–water partition coefficient (Wildman–Crippen LogP) is 9.97. The number of ether oxygens (including phenoxy) is 1. The number of unbranched alkanes of at least 4 members (excludes halogenated alkanes) is 10. The summed E-state index contributed by atoms with van der Waals surface area (Å²) in [5, 5.41) is 0. The zero-order valence-electron chi connectivity index (χ0n) is 30.0. The lowest BCUT2D eigenvalue weighted by atomic mass is 9.98. The van der Waals surface area contributed by atoms with E-state index in [1.54, 1.807) is 30.5 Å². The standard InChI is InChI=1S/C41H60N2O4S/c1-5-7-9-11-13-17-25-38(37-26-18-15-19-27-37)28-23-32-42(3)34-35-43(4)33-24-31-40(48(45,46)39-29-20-16-21-30-39)41(44)47-36-22-14-12-10-8-6-2/h15-16,18-21,23-24,26-33H,5-14,17,22,25,34-36H2,1-4H3/b32-23+,33-24+,38-28+,40-31+. The summed E-state index contributed by atoms with van der Waals surface area (Å²) in [4.78, 5) is 16.8. The maximum atomic E-state index is 13.4. The molecule has 0 bridgehead atoms. The Labute approximate surface area is 292 Å². The molecular weight excluding hydrogens is 617 g/mol. The van der Waals surface area contributed by atoms with Gasteiger partial charge in [-0.25, -0.2) is 13.2 Å². The fourth-order valence-corrected chi connectivity index (χ4v) is 6.54. The monoisotopic (exact) mass is 676 g/mol. The second-order valence-electron chi connectivity index (χ2n) is 12.5. The number of carbonyl (C=O) groups is 1. The average molecular weight is 677 g/mol. The molecule has 0 radical (unpaired) electrons. The van der Waals surface area contributed by atoms with Gasteiger partial charge in [-0.15, -0.1) is 0 Å². The molecule has 0 atom stereocenters. The van der Waals surface area contributed by atoms with Crippen molar-refractivity contribution in [2.75, 3.05) is 33.8 Å². The Morgan fingerprint density at radius 2 is 1.17 bits per heavy atom. The Bertz CT molecular complexity index is 1380. The number of hydrogen-bond donors (Lipinski definition) is 0. The minimum atomic E-state index is -4.03. The molecule has 0 unspecified atom stereocenters. The summed E-state index contributed by atoms with van der Waals surface area (Å²) in [5.41, 5.74) is 2.63. The van der Waals surface area contributed by atoms with Gasteiger partial charge in [-0.2, -0.15) is 0 Å². The van der Waals surface area contributed by atoms with Crippen LogP contribution in [0.25, 0.3) is 5.57 Å². The number of benzene rings is 2. The van der Waals surface area contributed by atoms with Gasteiger partial charge in [0.15, 0.2) is 4.91 Å². The van der Waals surface area contributed by atoms with Crippen molar-refractivity contribution in [1.29, 1.82) is 0 Å². The zero-order valence-corrected chi connectivity index (χ0v) is 30.8. The van der Waals surface area contributed by atoms with Crippen LogP contribution in [0.1, 0.15) is 103 Å². The molecule has 6 nitrogen and oxygen atoms in total. The summed E-state index contributed by atoms with van der Waals surface area (Å²) in [6.07, 6.45) is 26.2.